The Balaban J connectivity index is 2.03. The molecule has 29 heavy (non-hydrogen) atoms. The van der Waals surface area contributed by atoms with E-state index in [0.29, 0.717) is 17.2 Å². The monoisotopic (exact) mass is 398 g/mol. The Morgan fingerprint density at radius 2 is 1.59 bits per heavy atom. The van der Waals surface area contributed by atoms with Gasteiger partial charge in [-0.1, -0.05) is 32.9 Å². The number of ether oxygens (including phenoxy) is 2. The normalized spacial score (nSPS) is 11.0. The van der Waals surface area contributed by atoms with Gasteiger partial charge in [-0.15, -0.1) is 0 Å². The molecular formula is C23H30N2O4. The van der Waals surface area contributed by atoms with Crippen LogP contribution in [-0.4, -0.2) is 32.6 Å². The van der Waals surface area contributed by atoms with Crippen LogP contribution in [0.3, 0.4) is 0 Å². The van der Waals surface area contributed by atoms with E-state index < -0.39 is 0 Å². The summed E-state index contributed by atoms with van der Waals surface area (Å²) in [5.41, 5.74) is 2.65. The smallest absolute Gasteiger partial charge is 0.226 e. The van der Waals surface area contributed by atoms with Gasteiger partial charge in [0, 0.05) is 37.3 Å². The molecule has 0 aliphatic carbocycles. The minimum absolute atomic E-state index is 0.0595. The number of carbonyl (C=O) groups excluding carboxylic acids is 2. The summed E-state index contributed by atoms with van der Waals surface area (Å²) in [5.74, 6) is 0.802. The largest absolute Gasteiger partial charge is 0.493 e. The Labute approximate surface area is 172 Å². The van der Waals surface area contributed by atoms with Gasteiger partial charge in [-0.3, -0.25) is 9.59 Å². The zero-order valence-corrected chi connectivity index (χ0v) is 18.0. The highest BCUT2D eigenvalue weighted by Gasteiger charge is 2.17. The fourth-order valence-corrected chi connectivity index (χ4v) is 2.95. The number of methoxy groups -OCH3 is 2. The standard InChI is InChI=1S/C23H30N2O4/c1-16(26)25(19-11-12-20(28-5)21(15-19)29-6)14-13-22(27)24-18-9-7-17(8-10-18)23(2,3)4/h7-12,15H,13-14H2,1-6H3,(H,24,27). The lowest BCUT2D eigenvalue weighted by Crippen LogP contribution is -2.32. The van der Waals surface area contributed by atoms with E-state index in [-0.39, 0.29) is 30.2 Å². The highest BCUT2D eigenvalue weighted by Crippen LogP contribution is 2.31. The molecule has 0 radical (unpaired) electrons. The van der Waals surface area contributed by atoms with Gasteiger partial charge in [0.2, 0.25) is 11.8 Å². The van der Waals surface area contributed by atoms with E-state index in [1.54, 1.807) is 30.2 Å². The van der Waals surface area contributed by atoms with E-state index >= 15 is 0 Å². The zero-order valence-electron chi connectivity index (χ0n) is 18.0. The van der Waals surface area contributed by atoms with Crippen LogP contribution in [0.5, 0.6) is 11.5 Å². The highest BCUT2D eigenvalue weighted by molar-refractivity contribution is 5.95. The van der Waals surface area contributed by atoms with Gasteiger partial charge in [-0.05, 0) is 35.2 Å². The first-order chi connectivity index (χ1) is 13.7. The number of hydrogen-bond donors (Lipinski definition) is 1. The first kappa shape index (κ1) is 22.3. The molecule has 0 bridgehead atoms. The predicted molar refractivity (Wildman–Crippen MR) is 116 cm³/mol. The third kappa shape index (κ3) is 5.98. The number of benzene rings is 2. The van der Waals surface area contributed by atoms with Gasteiger partial charge in [0.25, 0.3) is 0 Å². The Hall–Kier alpha value is -3.02. The minimum Gasteiger partial charge on any atom is -0.493 e. The van der Waals surface area contributed by atoms with Crippen LogP contribution in [0.15, 0.2) is 42.5 Å². The molecule has 156 valence electrons. The van der Waals surface area contributed by atoms with Gasteiger partial charge in [0.15, 0.2) is 11.5 Å². The second-order valence-electron chi connectivity index (χ2n) is 7.84. The van der Waals surface area contributed by atoms with E-state index in [1.807, 2.05) is 24.3 Å². The first-order valence-corrected chi connectivity index (χ1v) is 9.56. The van der Waals surface area contributed by atoms with Crippen LogP contribution in [0.1, 0.15) is 39.7 Å². The summed E-state index contributed by atoms with van der Waals surface area (Å²) >= 11 is 0. The number of hydrogen-bond acceptors (Lipinski definition) is 4. The summed E-state index contributed by atoms with van der Waals surface area (Å²) in [5, 5.41) is 2.89. The molecule has 6 heteroatoms. The van der Waals surface area contributed by atoms with Crippen molar-refractivity contribution in [2.24, 2.45) is 0 Å². The third-order valence-corrected chi connectivity index (χ3v) is 4.66. The highest BCUT2D eigenvalue weighted by atomic mass is 16.5. The van der Waals surface area contributed by atoms with E-state index in [1.165, 1.54) is 19.6 Å². The number of carbonyl (C=O) groups is 2. The number of nitrogens with zero attached hydrogens (tertiary/aromatic N) is 1. The molecule has 2 amide bonds. The van der Waals surface area contributed by atoms with Crippen molar-refractivity contribution in [3.8, 4) is 11.5 Å². The number of nitrogens with one attached hydrogen (secondary N) is 1. The second-order valence-corrected chi connectivity index (χ2v) is 7.84. The Morgan fingerprint density at radius 1 is 0.966 bits per heavy atom. The van der Waals surface area contributed by atoms with Crippen LogP contribution in [-0.2, 0) is 15.0 Å². The maximum Gasteiger partial charge on any atom is 0.226 e. The van der Waals surface area contributed by atoms with Gasteiger partial charge >= 0.3 is 0 Å². The summed E-state index contributed by atoms with van der Waals surface area (Å²) in [4.78, 5) is 26.1. The van der Waals surface area contributed by atoms with Crippen molar-refractivity contribution < 1.29 is 19.1 Å². The van der Waals surface area contributed by atoms with Crippen molar-refractivity contribution in [3.05, 3.63) is 48.0 Å². The maximum absolute atomic E-state index is 12.4. The van der Waals surface area contributed by atoms with E-state index in [4.69, 9.17) is 9.47 Å². The van der Waals surface area contributed by atoms with Crippen molar-refractivity contribution in [1.29, 1.82) is 0 Å². The minimum atomic E-state index is -0.153. The number of anilines is 2. The molecule has 2 aromatic rings. The quantitative estimate of drug-likeness (QED) is 0.751. The summed E-state index contributed by atoms with van der Waals surface area (Å²) in [6.45, 7) is 8.16. The van der Waals surface area contributed by atoms with Crippen LogP contribution in [0.4, 0.5) is 11.4 Å². The average Bonchev–Trinajstić information content (AvgIpc) is 2.67. The molecule has 0 aromatic heterocycles. The number of rotatable bonds is 7. The van der Waals surface area contributed by atoms with Crippen LogP contribution >= 0.6 is 0 Å². The lowest BCUT2D eigenvalue weighted by molar-refractivity contribution is -0.117. The van der Waals surface area contributed by atoms with Gasteiger partial charge in [0.05, 0.1) is 14.2 Å². The summed E-state index contributed by atoms with van der Waals surface area (Å²) in [6, 6.07) is 13.1. The molecule has 6 nitrogen and oxygen atoms in total. The average molecular weight is 399 g/mol. The van der Waals surface area contributed by atoms with E-state index in [9.17, 15) is 9.59 Å². The molecule has 0 fully saturated rings. The zero-order chi connectivity index (χ0) is 21.6. The molecule has 1 N–H and O–H groups in total. The topological polar surface area (TPSA) is 67.9 Å². The van der Waals surface area contributed by atoms with Gasteiger partial charge in [0.1, 0.15) is 0 Å². The molecular weight excluding hydrogens is 368 g/mol. The Kier molecular flexibility index (Phi) is 7.26. The molecule has 0 heterocycles. The molecule has 0 unspecified atom stereocenters. The molecule has 0 atom stereocenters. The lowest BCUT2D eigenvalue weighted by Gasteiger charge is -2.22. The van der Waals surface area contributed by atoms with Crippen molar-refractivity contribution in [1.82, 2.24) is 0 Å². The molecule has 0 saturated heterocycles. The summed E-state index contributed by atoms with van der Waals surface area (Å²) in [7, 11) is 3.09. The first-order valence-electron chi connectivity index (χ1n) is 9.56. The van der Waals surface area contributed by atoms with Crippen LogP contribution in [0.2, 0.25) is 0 Å². The van der Waals surface area contributed by atoms with Gasteiger partial charge in [-0.25, -0.2) is 0 Å². The molecule has 0 spiro atoms. The van der Waals surface area contributed by atoms with E-state index in [2.05, 4.69) is 26.1 Å². The molecule has 0 saturated carbocycles. The third-order valence-electron chi connectivity index (χ3n) is 4.66. The van der Waals surface area contributed by atoms with Crippen LogP contribution < -0.4 is 19.7 Å². The van der Waals surface area contributed by atoms with Crippen molar-refractivity contribution in [2.45, 2.75) is 39.5 Å². The number of amides is 2. The predicted octanol–water partition coefficient (Wildman–Crippen LogP) is 4.38. The van der Waals surface area contributed by atoms with Crippen molar-refractivity contribution in [2.75, 3.05) is 31.0 Å². The van der Waals surface area contributed by atoms with Gasteiger partial charge in [-0.2, -0.15) is 0 Å². The Bertz CT molecular complexity index is 854. The fraction of sp³-hybridized carbons (Fsp3) is 0.391. The molecule has 0 aliphatic rings. The second kappa shape index (κ2) is 9.45. The molecule has 0 aliphatic heterocycles. The summed E-state index contributed by atoms with van der Waals surface area (Å²) < 4.78 is 10.5. The van der Waals surface area contributed by atoms with Crippen LogP contribution in [0, 0.1) is 0 Å². The SMILES string of the molecule is COc1ccc(N(CCC(=O)Nc2ccc(C(C)(C)C)cc2)C(C)=O)cc1OC. The summed E-state index contributed by atoms with van der Waals surface area (Å²) in [6.07, 6.45) is 0.176. The fourth-order valence-electron chi connectivity index (χ4n) is 2.95. The Morgan fingerprint density at radius 3 is 2.10 bits per heavy atom. The molecule has 2 rings (SSSR count). The maximum atomic E-state index is 12.4. The van der Waals surface area contributed by atoms with Crippen molar-refractivity contribution >= 4 is 23.2 Å². The van der Waals surface area contributed by atoms with E-state index in [0.717, 1.165) is 5.69 Å². The molecule has 2 aromatic carbocycles. The van der Waals surface area contributed by atoms with Gasteiger partial charge < -0.3 is 19.7 Å². The van der Waals surface area contributed by atoms with Crippen LogP contribution in [0.25, 0.3) is 0 Å². The van der Waals surface area contributed by atoms with Crippen molar-refractivity contribution in [3.63, 3.8) is 0 Å². The lowest BCUT2D eigenvalue weighted by atomic mass is 9.87.